The maximum absolute atomic E-state index is 5.43. The Labute approximate surface area is 106 Å². The SMILES string of the molecule is CCC1(CNCCCOCCOC)CCCC1. The number of ether oxygens (including phenoxy) is 2. The molecule has 0 bridgehead atoms. The lowest BCUT2D eigenvalue weighted by atomic mass is 9.83. The molecule has 0 amide bonds. The zero-order valence-corrected chi connectivity index (χ0v) is 11.6. The molecule has 3 nitrogen and oxygen atoms in total. The second kappa shape index (κ2) is 8.90. The molecule has 0 spiro atoms. The Bertz CT molecular complexity index is 179. The average Bonchev–Trinajstić information content (AvgIpc) is 2.82. The van der Waals surface area contributed by atoms with Gasteiger partial charge in [-0.25, -0.2) is 0 Å². The van der Waals surface area contributed by atoms with Crippen molar-refractivity contribution in [2.45, 2.75) is 45.4 Å². The molecular formula is C14H29NO2. The Balaban J connectivity index is 1.92. The summed E-state index contributed by atoms with van der Waals surface area (Å²) in [6.45, 7) is 6.87. The minimum Gasteiger partial charge on any atom is -0.382 e. The molecular weight excluding hydrogens is 214 g/mol. The quantitative estimate of drug-likeness (QED) is 0.598. The first-order valence-electron chi connectivity index (χ1n) is 7.10. The van der Waals surface area contributed by atoms with Gasteiger partial charge in [-0.05, 0) is 37.6 Å². The summed E-state index contributed by atoms with van der Waals surface area (Å²) in [5, 5.41) is 3.60. The van der Waals surface area contributed by atoms with Crippen LogP contribution in [-0.4, -0.2) is 40.0 Å². The van der Waals surface area contributed by atoms with Crippen molar-refractivity contribution in [2.75, 3.05) is 40.0 Å². The Kier molecular flexibility index (Phi) is 7.82. The monoisotopic (exact) mass is 243 g/mol. The van der Waals surface area contributed by atoms with Gasteiger partial charge in [-0.3, -0.25) is 0 Å². The summed E-state index contributed by atoms with van der Waals surface area (Å²) in [6.07, 6.45) is 8.11. The third-order valence-corrected chi connectivity index (χ3v) is 3.99. The normalized spacial score (nSPS) is 18.7. The molecule has 1 rings (SSSR count). The van der Waals surface area contributed by atoms with E-state index in [0.29, 0.717) is 12.0 Å². The molecule has 3 heteroatoms. The maximum atomic E-state index is 5.43. The fourth-order valence-corrected chi connectivity index (χ4v) is 2.68. The Hall–Kier alpha value is -0.120. The van der Waals surface area contributed by atoms with Gasteiger partial charge in [0.1, 0.15) is 0 Å². The van der Waals surface area contributed by atoms with Crippen LogP contribution in [-0.2, 0) is 9.47 Å². The van der Waals surface area contributed by atoms with Crippen LogP contribution in [0.1, 0.15) is 45.4 Å². The molecule has 0 unspecified atom stereocenters. The van der Waals surface area contributed by atoms with Gasteiger partial charge in [0.2, 0.25) is 0 Å². The van der Waals surface area contributed by atoms with Crippen LogP contribution in [0.4, 0.5) is 0 Å². The van der Waals surface area contributed by atoms with Gasteiger partial charge in [0.05, 0.1) is 13.2 Å². The maximum Gasteiger partial charge on any atom is 0.0700 e. The summed E-state index contributed by atoms with van der Waals surface area (Å²) in [7, 11) is 1.71. The highest BCUT2D eigenvalue weighted by molar-refractivity contribution is 4.85. The second-order valence-electron chi connectivity index (χ2n) is 5.20. The van der Waals surface area contributed by atoms with Gasteiger partial charge >= 0.3 is 0 Å². The van der Waals surface area contributed by atoms with Crippen molar-refractivity contribution in [3.05, 3.63) is 0 Å². The topological polar surface area (TPSA) is 30.5 Å². The standard InChI is InChI=1S/C14H29NO2/c1-3-14(7-4-5-8-14)13-15-9-6-10-17-12-11-16-2/h15H,3-13H2,1-2H3. The zero-order valence-electron chi connectivity index (χ0n) is 11.6. The fourth-order valence-electron chi connectivity index (χ4n) is 2.68. The highest BCUT2D eigenvalue weighted by Crippen LogP contribution is 2.40. The minimum atomic E-state index is 0.608. The summed E-state index contributed by atoms with van der Waals surface area (Å²) in [5.74, 6) is 0. The van der Waals surface area contributed by atoms with E-state index in [2.05, 4.69) is 12.2 Å². The predicted octanol–water partition coefficient (Wildman–Crippen LogP) is 2.60. The molecule has 0 aliphatic heterocycles. The summed E-state index contributed by atoms with van der Waals surface area (Å²) in [6, 6.07) is 0. The number of rotatable bonds is 10. The molecule has 1 aliphatic carbocycles. The van der Waals surface area contributed by atoms with E-state index in [1.807, 2.05) is 0 Å². The van der Waals surface area contributed by atoms with Crippen LogP contribution < -0.4 is 5.32 Å². The van der Waals surface area contributed by atoms with Gasteiger partial charge in [0.15, 0.2) is 0 Å². The minimum absolute atomic E-state index is 0.608. The molecule has 1 N–H and O–H groups in total. The van der Waals surface area contributed by atoms with Crippen molar-refractivity contribution in [1.82, 2.24) is 5.32 Å². The molecule has 0 saturated heterocycles. The third kappa shape index (κ3) is 5.84. The van der Waals surface area contributed by atoms with E-state index in [4.69, 9.17) is 9.47 Å². The largest absolute Gasteiger partial charge is 0.382 e. The average molecular weight is 243 g/mol. The van der Waals surface area contributed by atoms with E-state index in [0.717, 1.165) is 26.2 Å². The van der Waals surface area contributed by atoms with Crippen LogP contribution in [0.25, 0.3) is 0 Å². The Morgan fingerprint density at radius 3 is 2.53 bits per heavy atom. The fraction of sp³-hybridized carbons (Fsp3) is 1.00. The van der Waals surface area contributed by atoms with E-state index in [9.17, 15) is 0 Å². The Morgan fingerprint density at radius 1 is 1.12 bits per heavy atom. The van der Waals surface area contributed by atoms with Gasteiger partial charge < -0.3 is 14.8 Å². The van der Waals surface area contributed by atoms with E-state index in [1.54, 1.807) is 7.11 Å². The first-order valence-corrected chi connectivity index (χ1v) is 7.10. The lowest BCUT2D eigenvalue weighted by Gasteiger charge is -2.27. The molecule has 0 radical (unpaired) electrons. The first kappa shape index (κ1) is 14.9. The lowest BCUT2D eigenvalue weighted by Crippen LogP contribution is -2.32. The van der Waals surface area contributed by atoms with Gasteiger partial charge in [0, 0.05) is 20.3 Å². The second-order valence-corrected chi connectivity index (χ2v) is 5.20. The van der Waals surface area contributed by atoms with E-state index >= 15 is 0 Å². The first-order chi connectivity index (χ1) is 8.33. The number of hydrogen-bond acceptors (Lipinski definition) is 3. The van der Waals surface area contributed by atoms with Gasteiger partial charge in [-0.2, -0.15) is 0 Å². The molecule has 17 heavy (non-hydrogen) atoms. The number of hydrogen-bond donors (Lipinski definition) is 1. The van der Waals surface area contributed by atoms with Crippen LogP contribution in [0.15, 0.2) is 0 Å². The van der Waals surface area contributed by atoms with Crippen molar-refractivity contribution in [2.24, 2.45) is 5.41 Å². The zero-order chi connectivity index (χ0) is 12.4. The lowest BCUT2D eigenvalue weighted by molar-refractivity contribution is 0.0691. The molecule has 1 saturated carbocycles. The molecule has 1 fully saturated rings. The van der Waals surface area contributed by atoms with Gasteiger partial charge in [0.25, 0.3) is 0 Å². The predicted molar refractivity (Wildman–Crippen MR) is 71.4 cm³/mol. The van der Waals surface area contributed by atoms with Crippen molar-refractivity contribution in [1.29, 1.82) is 0 Å². The van der Waals surface area contributed by atoms with Crippen molar-refractivity contribution >= 4 is 0 Å². The molecule has 0 atom stereocenters. The number of nitrogens with one attached hydrogen (secondary N) is 1. The van der Waals surface area contributed by atoms with Crippen LogP contribution in [0.2, 0.25) is 0 Å². The van der Waals surface area contributed by atoms with E-state index in [-0.39, 0.29) is 0 Å². The Morgan fingerprint density at radius 2 is 1.88 bits per heavy atom. The molecule has 0 aromatic heterocycles. The summed E-state index contributed by atoms with van der Waals surface area (Å²) >= 11 is 0. The molecule has 102 valence electrons. The summed E-state index contributed by atoms with van der Waals surface area (Å²) in [4.78, 5) is 0. The van der Waals surface area contributed by atoms with Crippen LogP contribution in [0.5, 0.6) is 0 Å². The van der Waals surface area contributed by atoms with Crippen molar-refractivity contribution in [3.8, 4) is 0 Å². The van der Waals surface area contributed by atoms with E-state index in [1.165, 1.54) is 38.6 Å². The highest BCUT2D eigenvalue weighted by atomic mass is 16.5. The van der Waals surface area contributed by atoms with Gasteiger partial charge in [-0.15, -0.1) is 0 Å². The van der Waals surface area contributed by atoms with Crippen LogP contribution in [0.3, 0.4) is 0 Å². The smallest absolute Gasteiger partial charge is 0.0700 e. The molecule has 0 aromatic carbocycles. The molecule has 0 heterocycles. The van der Waals surface area contributed by atoms with Gasteiger partial charge in [-0.1, -0.05) is 19.8 Å². The molecule has 0 aromatic rings. The summed E-state index contributed by atoms with van der Waals surface area (Å²) < 4.78 is 10.4. The van der Waals surface area contributed by atoms with Crippen LogP contribution in [0, 0.1) is 5.41 Å². The summed E-state index contributed by atoms with van der Waals surface area (Å²) in [5.41, 5.74) is 0.608. The third-order valence-electron chi connectivity index (χ3n) is 3.99. The van der Waals surface area contributed by atoms with Crippen LogP contribution >= 0.6 is 0 Å². The van der Waals surface area contributed by atoms with Crippen molar-refractivity contribution < 1.29 is 9.47 Å². The van der Waals surface area contributed by atoms with E-state index < -0.39 is 0 Å². The van der Waals surface area contributed by atoms with Crippen molar-refractivity contribution in [3.63, 3.8) is 0 Å². The number of methoxy groups -OCH3 is 1. The molecule has 1 aliphatic rings. The highest BCUT2D eigenvalue weighted by Gasteiger charge is 2.31.